The normalized spacial score (nSPS) is 14.7. The molecule has 0 aliphatic carbocycles. The van der Waals surface area contributed by atoms with Crippen molar-refractivity contribution in [2.24, 2.45) is 0 Å². The first-order valence-corrected chi connectivity index (χ1v) is 16.1. The molecule has 0 amide bonds. The van der Waals surface area contributed by atoms with Crippen LogP contribution in [0.5, 0.6) is 5.75 Å². The third-order valence-electron chi connectivity index (χ3n) is 7.38. The second kappa shape index (κ2) is 16.6. The first kappa shape index (κ1) is 34.3. The highest BCUT2D eigenvalue weighted by Crippen LogP contribution is 2.40. The predicted molar refractivity (Wildman–Crippen MR) is 182 cm³/mol. The number of nitrogens with zero attached hydrogens (tertiary/aromatic N) is 4. The van der Waals surface area contributed by atoms with E-state index in [1.54, 1.807) is 11.3 Å². The maximum absolute atomic E-state index is 10.2. The maximum atomic E-state index is 10.2. The monoisotopic (exact) mass is 608 g/mol. The zero-order valence-electron chi connectivity index (χ0n) is 26.4. The van der Waals surface area contributed by atoms with Crippen LogP contribution in [0, 0.1) is 34.0 Å². The summed E-state index contributed by atoms with van der Waals surface area (Å²) in [7, 11) is 1.94. The second-order valence-electron chi connectivity index (χ2n) is 11.1. The number of allylic oxidation sites excluding steroid dienone is 2. The number of thiophene rings is 1. The van der Waals surface area contributed by atoms with Gasteiger partial charge in [0, 0.05) is 45.7 Å². The summed E-state index contributed by atoms with van der Waals surface area (Å²) >= 11 is 1.59. The van der Waals surface area contributed by atoms with Crippen LogP contribution in [0.3, 0.4) is 0 Å². The van der Waals surface area contributed by atoms with E-state index in [0.29, 0.717) is 11.9 Å². The molecule has 7 nitrogen and oxygen atoms in total. The summed E-state index contributed by atoms with van der Waals surface area (Å²) in [6.07, 6.45) is 12.4. The van der Waals surface area contributed by atoms with E-state index in [1.165, 1.54) is 0 Å². The molecule has 0 radical (unpaired) electrons. The molecular weight excluding hydrogens is 567 g/mol. The second-order valence-corrected chi connectivity index (χ2v) is 12.3. The molecule has 0 saturated heterocycles. The van der Waals surface area contributed by atoms with Gasteiger partial charge in [0.25, 0.3) is 0 Å². The molecule has 2 aromatic rings. The number of nitriles is 3. The van der Waals surface area contributed by atoms with Crippen molar-refractivity contribution in [2.75, 3.05) is 24.6 Å². The first-order chi connectivity index (χ1) is 21.2. The van der Waals surface area contributed by atoms with Crippen molar-refractivity contribution in [3.05, 3.63) is 74.2 Å². The molecule has 1 aromatic carbocycles. The van der Waals surface area contributed by atoms with Crippen LogP contribution in [0.2, 0.25) is 6.32 Å². The Hall–Kier alpha value is -4.23. The van der Waals surface area contributed by atoms with Crippen LogP contribution in [0.4, 0.5) is 5.69 Å². The van der Waals surface area contributed by atoms with E-state index in [1.807, 2.05) is 70.3 Å². The Labute approximate surface area is 267 Å². The zero-order chi connectivity index (χ0) is 32.1. The molecule has 1 N–H and O–H groups in total. The minimum absolute atomic E-state index is 0.0336. The zero-order valence-corrected chi connectivity index (χ0v) is 27.2. The molecule has 44 heavy (non-hydrogen) atoms. The summed E-state index contributed by atoms with van der Waals surface area (Å²) in [5.41, 5.74) is 1.82. The average molecular weight is 609 g/mol. The number of anilines is 1. The summed E-state index contributed by atoms with van der Waals surface area (Å²) in [6.45, 7) is 10.3. The van der Waals surface area contributed by atoms with Gasteiger partial charge in [-0.1, -0.05) is 39.1 Å². The fourth-order valence-electron chi connectivity index (χ4n) is 4.72. The van der Waals surface area contributed by atoms with Crippen molar-refractivity contribution in [1.29, 1.82) is 15.8 Å². The van der Waals surface area contributed by atoms with E-state index < -0.39 is 11.7 Å². The van der Waals surface area contributed by atoms with Crippen LogP contribution in [0.15, 0.2) is 58.9 Å². The van der Waals surface area contributed by atoms with Crippen molar-refractivity contribution in [1.82, 2.24) is 0 Å². The Balaban J connectivity index is 1.88. The molecule has 1 aromatic heterocycles. The molecule has 1 unspecified atom stereocenters. The van der Waals surface area contributed by atoms with Gasteiger partial charge in [-0.15, -0.1) is 11.3 Å². The lowest BCUT2D eigenvalue weighted by Crippen LogP contribution is -2.25. The van der Waals surface area contributed by atoms with Crippen molar-refractivity contribution in [3.63, 3.8) is 0 Å². The van der Waals surface area contributed by atoms with Gasteiger partial charge in [-0.25, -0.2) is 0 Å². The van der Waals surface area contributed by atoms with Gasteiger partial charge in [0.15, 0.2) is 11.3 Å². The van der Waals surface area contributed by atoms with E-state index in [4.69, 9.17) is 9.47 Å². The Morgan fingerprint density at radius 3 is 2.23 bits per heavy atom. The van der Waals surface area contributed by atoms with Crippen LogP contribution < -0.4 is 9.64 Å². The van der Waals surface area contributed by atoms with Gasteiger partial charge in [-0.05, 0) is 69.2 Å². The third-order valence-corrected chi connectivity index (χ3v) is 8.40. The van der Waals surface area contributed by atoms with Crippen LogP contribution in [0.25, 0.3) is 18.2 Å². The number of unbranched alkanes of at least 4 members (excludes halogenated alkanes) is 2. The van der Waals surface area contributed by atoms with Crippen LogP contribution in [0.1, 0.15) is 68.7 Å². The highest BCUT2D eigenvalue weighted by molar-refractivity contribution is 7.13. The molecule has 0 spiro atoms. The van der Waals surface area contributed by atoms with E-state index in [-0.39, 0.29) is 23.5 Å². The van der Waals surface area contributed by atoms with E-state index >= 15 is 0 Å². The number of aliphatic hydroxyl groups excluding tert-OH is 1. The summed E-state index contributed by atoms with van der Waals surface area (Å²) < 4.78 is 12.0. The summed E-state index contributed by atoms with van der Waals surface area (Å²) in [4.78, 5) is 4.43. The molecule has 228 valence electrons. The predicted octanol–water partition coefficient (Wildman–Crippen LogP) is 7.06. The summed E-state index contributed by atoms with van der Waals surface area (Å²) in [6, 6.07) is 16.1. The molecule has 0 fully saturated rings. The molecular formula is C35H41BN4O3S. The van der Waals surface area contributed by atoms with Gasteiger partial charge >= 0.3 is 0 Å². The van der Waals surface area contributed by atoms with Gasteiger partial charge in [0.1, 0.15) is 49.6 Å². The quantitative estimate of drug-likeness (QED) is 0.170. The number of benzene rings is 1. The average Bonchev–Trinajstić information content (AvgIpc) is 3.58. The number of hydrogen-bond acceptors (Lipinski definition) is 8. The lowest BCUT2D eigenvalue weighted by Gasteiger charge is -2.26. The molecule has 1 aliphatic rings. The maximum Gasteiger partial charge on any atom is 0.172 e. The van der Waals surface area contributed by atoms with Crippen molar-refractivity contribution in [2.45, 2.75) is 71.4 Å². The number of aliphatic hydroxyl groups is 1. The molecule has 3 rings (SSSR count). The van der Waals surface area contributed by atoms with Gasteiger partial charge in [-0.2, -0.15) is 15.8 Å². The lowest BCUT2D eigenvalue weighted by atomic mass is 9.94. The molecule has 0 bridgehead atoms. The van der Waals surface area contributed by atoms with Gasteiger partial charge in [0.05, 0.1) is 6.10 Å². The van der Waals surface area contributed by atoms with Gasteiger partial charge in [0.2, 0.25) is 0 Å². The number of hydrogen-bond donors (Lipinski definition) is 1. The molecule has 2 heterocycles. The van der Waals surface area contributed by atoms with E-state index in [9.17, 15) is 20.9 Å². The van der Waals surface area contributed by atoms with Crippen molar-refractivity contribution in [3.8, 4) is 24.0 Å². The Morgan fingerprint density at radius 1 is 1.02 bits per heavy atom. The van der Waals surface area contributed by atoms with Crippen molar-refractivity contribution >= 4 is 43.1 Å². The van der Waals surface area contributed by atoms with Crippen LogP contribution in [-0.4, -0.2) is 44.4 Å². The summed E-state index contributed by atoms with van der Waals surface area (Å²) in [5, 5.41) is 38.5. The minimum Gasteiger partial charge on any atom is -0.490 e. The van der Waals surface area contributed by atoms with Crippen LogP contribution in [-0.2, 0) is 4.74 Å². The standard InChI is InChI=1S/C35H41BN4O3S/c1-5-7-17-40(18-8-6-2)27-11-9-25(33(19-27)42-24-28(41)20-36)10-12-29-13-14-30(44-29)15-16-32-31(23-39)34(26(21-37)22-38)43-35(32,3)4/h9-16,19,28,41H,5-8,17-18,20,24,36H2,1-4H3/b12-10+,16-15+. The third kappa shape index (κ3) is 8.90. The fraction of sp³-hybridized carbons (Fsp3) is 0.400. The van der Waals surface area contributed by atoms with E-state index in [2.05, 4.69) is 43.0 Å². The molecule has 1 aliphatic heterocycles. The minimum atomic E-state index is -0.855. The molecule has 0 saturated carbocycles. The lowest BCUT2D eigenvalue weighted by molar-refractivity contribution is 0.0954. The Bertz CT molecular complexity index is 1520. The highest BCUT2D eigenvalue weighted by atomic mass is 32.1. The Kier molecular flexibility index (Phi) is 12.9. The number of rotatable bonds is 15. The molecule has 1 atom stereocenters. The largest absolute Gasteiger partial charge is 0.490 e. The summed E-state index contributed by atoms with van der Waals surface area (Å²) in [5.74, 6) is 0.782. The van der Waals surface area contributed by atoms with Gasteiger partial charge < -0.3 is 19.5 Å². The fourth-order valence-corrected chi connectivity index (χ4v) is 5.54. The topological polar surface area (TPSA) is 113 Å². The van der Waals surface area contributed by atoms with Crippen molar-refractivity contribution < 1.29 is 14.6 Å². The van der Waals surface area contributed by atoms with E-state index in [0.717, 1.165) is 65.5 Å². The molecule has 9 heteroatoms. The van der Waals surface area contributed by atoms with Gasteiger partial charge in [-0.3, -0.25) is 0 Å². The SMILES string of the molecule is BCC(O)COc1cc(N(CCCC)CCCC)ccc1/C=C/c1ccc(/C=C/C2=C(C#N)C(=C(C#N)C#N)OC2(C)C)s1. The number of ether oxygens (including phenoxy) is 2. The highest BCUT2D eigenvalue weighted by Gasteiger charge is 2.38. The van der Waals surface area contributed by atoms with Crippen LogP contribution >= 0.6 is 11.3 Å². The first-order valence-electron chi connectivity index (χ1n) is 15.3. The Morgan fingerprint density at radius 2 is 1.66 bits per heavy atom. The smallest absolute Gasteiger partial charge is 0.172 e.